The van der Waals surface area contributed by atoms with Gasteiger partial charge in [0, 0.05) is 54.7 Å². The van der Waals surface area contributed by atoms with E-state index in [0.29, 0.717) is 5.92 Å². The molecule has 0 N–H and O–H groups in total. The first-order chi connectivity index (χ1) is 14.2. The molecule has 1 aromatic heterocycles. The zero-order valence-electron chi connectivity index (χ0n) is 16.4. The lowest BCUT2D eigenvalue weighted by Gasteiger charge is -2.35. The van der Waals surface area contributed by atoms with Crippen LogP contribution in [0.25, 0.3) is 10.9 Å². The van der Waals surface area contributed by atoms with Crippen LogP contribution in [0.15, 0.2) is 54.6 Å². The first-order valence-corrected chi connectivity index (χ1v) is 10.7. The number of fused-ring (bicyclic) bond motifs is 1. The summed E-state index contributed by atoms with van der Waals surface area (Å²) in [7, 11) is 0. The highest BCUT2D eigenvalue weighted by molar-refractivity contribution is 6.30. The molecular weight excluding hydrogens is 382 g/mol. The first-order valence-electron chi connectivity index (χ1n) is 10.3. The molecule has 0 atom stereocenters. The molecule has 1 amide bonds. The van der Waals surface area contributed by atoms with Gasteiger partial charge in [-0.3, -0.25) is 14.7 Å². The monoisotopic (exact) mass is 405 g/mol. The molecule has 1 saturated heterocycles. The Morgan fingerprint density at radius 3 is 2.55 bits per heavy atom. The quantitative estimate of drug-likeness (QED) is 0.630. The molecule has 29 heavy (non-hydrogen) atoms. The second-order valence-corrected chi connectivity index (χ2v) is 8.52. The van der Waals surface area contributed by atoms with Gasteiger partial charge in [-0.1, -0.05) is 41.9 Å². The topological polar surface area (TPSA) is 36.4 Å². The normalized spacial score (nSPS) is 17.6. The van der Waals surface area contributed by atoms with Crippen LogP contribution in [0.2, 0.25) is 5.02 Å². The number of para-hydroxylation sites is 1. The van der Waals surface area contributed by atoms with Crippen LogP contribution in [0.5, 0.6) is 0 Å². The fourth-order valence-electron chi connectivity index (χ4n) is 4.13. The van der Waals surface area contributed by atoms with E-state index < -0.39 is 0 Å². The van der Waals surface area contributed by atoms with Crippen LogP contribution in [0.1, 0.15) is 40.4 Å². The summed E-state index contributed by atoms with van der Waals surface area (Å²) in [4.78, 5) is 22.6. The van der Waals surface area contributed by atoms with Gasteiger partial charge >= 0.3 is 0 Å². The van der Waals surface area contributed by atoms with Gasteiger partial charge in [0.1, 0.15) is 0 Å². The minimum absolute atomic E-state index is 0.132. The van der Waals surface area contributed by atoms with Gasteiger partial charge in [0.25, 0.3) is 5.91 Å². The third-order valence-electron chi connectivity index (χ3n) is 5.92. The largest absolute Gasteiger partial charge is 0.336 e. The van der Waals surface area contributed by atoms with E-state index in [1.54, 1.807) is 0 Å². The van der Waals surface area contributed by atoms with Crippen molar-refractivity contribution in [1.82, 2.24) is 14.8 Å². The van der Waals surface area contributed by atoms with E-state index in [0.717, 1.165) is 59.9 Å². The number of hydrogen-bond acceptors (Lipinski definition) is 3. The SMILES string of the molecule is O=C(c1cc(C2CC2)nc2ccccc12)N1CCN(Cc2cccc(Cl)c2)CC1. The van der Waals surface area contributed by atoms with Crippen molar-refractivity contribution in [3.63, 3.8) is 0 Å². The van der Waals surface area contributed by atoms with Gasteiger partial charge in [-0.05, 0) is 42.7 Å². The molecule has 1 aliphatic heterocycles. The average molecular weight is 406 g/mol. The molecule has 0 bridgehead atoms. The molecule has 2 heterocycles. The number of hydrogen-bond donors (Lipinski definition) is 0. The summed E-state index contributed by atoms with van der Waals surface area (Å²) in [6.07, 6.45) is 2.36. The van der Waals surface area contributed by atoms with Crippen molar-refractivity contribution < 1.29 is 4.79 Å². The number of benzene rings is 2. The van der Waals surface area contributed by atoms with Gasteiger partial charge in [0.05, 0.1) is 11.1 Å². The molecule has 4 nitrogen and oxygen atoms in total. The fourth-order valence-corrected chi connectivity index (χ4v) is 4.35. The van der Waals surface area contributed by atoms with E-state index in [2.05, 4.69) is 11.0 Å². The summed E-state index contributed by atoms with van der Waals surface area (Å²) in [6.45, 7) is 4.10. The molecular formula is C24H24ClN3O. The molecule has 5 rings (SSSR count). The predicted octanol–water partition coefficient (Wildman–Crippen LogP) is 4.72. The molecule has 1 aliphatic carbocycles. The van der Waals surface area contributed by atoms with Crippen LogP contribution < -0.4 is 0 Å². The average Bonchev–Trinajstić information content (AvgIpc) is 3.58. The Hall–Kier alpha value is -2.43. The maximum Gasteiger partial charge on any atom is 0.254 e. The molecule has 2 aliphatic rings. The Bertz CT molecular complexity index is 1050. The number of carbonyl (C=O) groups is 1. The standard InChI is InChI=1S/C24H24ClN3O/c25-19-5-3-4-17(14-19)16-27-10-12-28(13-11-27)24(29)21-15-23(18-8-9-18)26-22-7-2-1-6-20(21)22/h1-7,14-15,18H,8-13,16H2. The fraction of sp³-hybridized carbons (Fsp3) is 0.333. The van der Waals surface area contributed by atoms with E-state index in [1.165, 1.54) is 18.4 Å². The second-order valence-electron chi connectivity index (χ2n) is 8.08. The zero-order valence-corrected chi connectivity index (χ0v) is 17.1. The summed E-state index contributed by atoms with van der Waals surface area (Å²) >= 11 is 6.11. The highest BCUT2D eigenvalue weighted by Gasteiger charge is 2.29. The van der Waals surface area contributed by atoms with E-state index in [1.807, 2.05) is 53.4 Å². The molecule has 148 valence electrons. The van der Waals surface area contributed by atoms with E-state index >= 15 is 0 Å². The maximum atomic E-state index is 13.4. The Morgan fingerprint density at radius 2 is 1.79 bits per heavy atom. The number of pyridine rings is 1. The summed E-state index contributed by atoms with van der Waals surface area (Å²) < 4.78 is 0. The van der Waals surface area contributed by atoms with Crippen molar-refractivity contribution in [2.24, 2.45) is 0 Å². The number of piperazine rings is 1. The van der Waals surface area contributed by atoms with Crippen LogP contribution in [0.4, 0.5) is 0 Å². The number of amides is 1. The second kappa shape index (κ2) is 7.77. The third-order valence-corrected chi connectivity index (χ3v) is 6.15. The summed E-state index contributed by atoms with van der Waals surface area (Å²) in [5.74, 6) is 0.661. The van der Waals surface area contributed by atoms with Crippen molar-refractivity contribution in [3.8, 4) is 0 Å². The number of halogens is 1. The zero-order chi connectivity index (χ0) is 19.8. The van der Waals surface area contributed by atoms with Gasteiger partial charge in [0.2, 0.25) is 0 Å². The molecule has 2 aromatic carbocycles. The Kier molecular flexibility index (Phi) is 4.98. The van der Waals surface area contributed by atoms with E-state index in [4.69, 9.17) is 16.6 Å². The molecule has 1 saturated carbocycles. The molecule has 0 spiro atoms. The van der Waals surface area contributed by atoms with Crippen LogP contribution in [-0.4, -0.2) is 46.9 Å². The number of aromatic nitrogens is 1. The molecule has 5 heteroatoms. The highest BCUT2D eigenvalue weighted by Crippen LogP contribution is 2.40. The Morgan fingerprint density at radius 1 is 1.00 bits per heavy atom. The van der Waals surface area contributed by atoms with Gasteiger partial charge < -0.3 is 4.90 Å². The Balaban J connectivity index is 1.32. The van der Waals surface area contributed by atoms with E-state index in [-0.39, 0.29) is 5.91 Å². The third kappa shape index (κ3) is 4.00. The van der Waals surface area contributed by atoms with Crippen LogP contribution >= 0.6 is 11.6 Å². The molecule has 0 unspecified atom stereocenters. The van der Waals surface area contributed by atoms with Crippen molar-refractivity contribution in [1.29, 1.82) is 0 Å². The number of carbonyl (C=O) groups excluding carboxylic acids is 1. The van der Waals surface area contributed by atoms with Crippen molar-refractivity contribution in [3.05, 3.63) is 76.4 Å². The number of nitrogens with zero attached hydrogens (tertiary/aromatic N) is 3. The van der Waals surface area contributed by atoms with E-state index in [9.17, 15) is 4.79 Å². The van der Waals surface area contributed by atoms with Crippen LogP contribution in [-0.2, 0) is 6.54 Å². The van der Waals surface area contributed by atoms with Gasteiger partial charge in [-0.15, -0.1) is 0 Å². The predicted molar refractivity (Wildman–Crippen MR) is 116 cm³/mol. The smallest absolute Gasteiger partial charge is 0.254 e. The highest BCUT2D eigenvalue weighted by atomic mass is 35.5. The summed E-state index contributed by atoms with van der Waals surface area (Å²) in [5.41, 5.74) is 4.03. The summed E-state index contributed by atoms with van der Waals surface area (Å²) in [5, 5.41) is 1.73. The van der Waals surface area contributed by atoms with Crippen LogP contribution in [0, 0.1) is 0 Å². The Labute approximate surface area is 176 Å². The van der Waals surface area contributed by atoms with Crippen LogP contribution in [0.3, 0.4) is 0 Å². The minimum Gasteiger partial charge on any atom is -0.336 e. The molecule has 3 aromatic rings. The van der Waals surface area contributed by atoms with Crippen molar-refractivity contribution in [2.45, 2.75) is 25.3 Å². The first kappa shape index (κ1) is 18.6. The lowest BCUT2D eigenvalue weighted by molar-refractivity contribution is 0.0630. The van der Waals surface area contributed by atoms with Gasteiger partial charge in [0.15, 0.2) is 0 Å². The van der Waals surface area contributed by atoms with Gasteiger partial charge in [-0.2, -0.15) is 0 Å². The lowest BCUT2D eigenvalue weighted by atomic mass is 10.0. The maximum absolute atomic E-state index is 13.4. The summed E-state index contributed by atoms with van der Waals surface area (Å²) in [6, 6.07) is 18.1. The molecule has 2 fully saturated rings. The number of rotatable bonds is 4. The lowest BCUT2D eigenvalue weighted by Crippen LogP contribution is -2.48. The molecule has 0 radical (unpaired) electrons. The van der Waals surface area contributed by atoms with Gasteiger partial charge in [-0.25, -0.2) is 0 Å². The van der Waals surface area contributed by atoms with Crippen molar-refractivity contribution in [2.75, 3.05) is 26.2 Å². The minimum atomic E-state index is 0.132. The van der Waals surface area contributed by atoms with Crippen molar-refractivity contribution >= 4 is 28.4 Å².